The summed E-state index contributed by atoms with van der Waals surface area (Å²) in [6.45, 7) is 8.03. The van der Waals surface area contributed by atoms with Gasteiger partial charge in [-0.1, -0.05) is 19.9 Å². The summed E-state index contributed by atoms with van der Waals surface area (Å²) in [5, 5.41) is 6.69. The van der Waals surface area contributed by atoms with Crippen LogP contribution in [0, 0.1) is 11.8 Å². The Morgan fingerprint density at radius 2 is 2.14 bits per heavy atom. The van der Waals surface area contributed by atoms with Gasteiger partial charge in [0.1, 0.15) is 0 Å². The van der Waals surface area contributed by atoms with E-state index in [1.54, 1.807) is 7.05 Å². The SMILES string of the molecule is CN=C(NCc1ccc(OCC2CC2)nc1)NC(C)C(C)C. The largest absolute Gasteiger partial charge is 0.477 e. The molecule has 2 N–H and O–H groups in total. The van der Waals surface area contributed by atoms with Gasteiger partial charge in [-0.05, 0) is 37.2 Å². The number of nitrogens with one attached hydrogen (secondary N) is 2. The van der Waals surface area contributed by atoms with Crippen LogP contribution in [0.2, 0.25) is 0 Å². The second kappa shape index (κ2) is 8.01. The molecule has 1 aliphatic rings. The molecule has 1 aliphatic carbocycles. The Labute approximate surface area is 133 Å². The van der Waals surface area contributed by atoms with Crippen molar-refractivity contribution in [1.29, 1.82) is 0 Å². The van der Waals surface area contributed by atoms with Gasteiger partial charge in [0.2, 0.25) is 5.88 Å². The van der Waals surface area contributed by atoms with E-state index in [0.29, 0.717) is 24.4 Å². The van der Waals surface area contributed by atoms with Crippen LogP contribution in [0.1, 0.15) is 39.2 Å². The molecule has 0 aliphatic heterocycles. The molecule has 0 radical (unpaired) electrons. The number of guanidine groups is 1. The Balaban J connectivity index is 1.77. The Hall–Kier alpha value is -1.78. The van der Waals surface area contributed by atoms with Crippen molar-refractivity contribution < 1.29 is 4.74 Å². The fraction of sp³-hybridized carbons (Fsp3) is 0.647. The molecule has 5 nitrogen and oxygen atoms in total. The van der Waals surface area contributed by atoms with E-state index < -0.39 is 0 Å². The average Bonchev–Trinajstić information content (AvgIpc) is 3.34. The van der Waals surface area contributed by atoms with Crippen molar-refractivity contribution in [3.05, 3.63) is 23.9 Å². The fourth-order valence-corrected chi connectivity index (χ4v) is 1.85. The molecule has 1 atom stereocenters. The van der Waals surface area contributed by atoms with Crippen LogP contribution in [0.3, 0.4) is 0 Å². The van der Waals surface area contributed by atoms with Crippen molar-refractivity contribution >= 4 is 5.96 Å². The van der Waals surface area contributed by atoms with Crippen LogP contribution in [-0.4, -0.2) is 30.6 Å². The molecule has 1 aromatic rings. The molecule has 0 spiro atoms. The maximum atomic E-state index is 5.64. The maximum absolute atomic E-state index is 5.64. The van der Waals surface area contributed by atoms with Crippen molar-refractivity contribution in [1.82, 2.24) is 15.6 Å². The monoisotopic (exact) mass is 304 g/mol. The van der Waals surface area contributed by atoms with Gasteiger partial charge in [0, 0.05) is 31.9 Å². The average molecular weight is 304 g/mol. The van der Waals surface area contributed by atoms with Crippen LogP contribution < -0.4 is 15.4 Å². The van der Waals surface area contributed by atoms with Gasteiger partial charge >= 0.3 is 0 Å². The molecule has 1 aromatic heterocycles. The second-order valence-electron chi connectivity index (χ2n) is 6.36. The number of aliphatic imine (C=N–C) groups is 1. The highest BCUT2D eigenvalue weighted by molar-refractivity contribution is 5.79. The van der Waals surface area contributed by atoms with E-state index in [1.165, 1.54) is 12.8 Å². The molecule has 1 heterocycles. The fourth-order valence-electron chi connectivity index (χ4n) is 1.85. The number of hydrogen-bond acceptors (Lipinski definition) is 3. The standard InChI is InChI=1S/C17H28N4O/c1-12(2)13(3)21-17(18-4)20-10-15-7-8-16(19-9-15)22-11-14-5-6-14/h7-9,12-14H,5-6,10-11H2,1-4H3,(H2,18,20,21). The number of ether oxygens (including phenoxy) is 1. The van der Waals surface area contributed by atoms with E-state index in [-0.39, 0.29) is 0 Å². The molecule has 122 valence electrons. The zero-order valence-electron chi connectivity index (χ0n) is 14.1. The molecule has 5 heteroatoms. The molecule has 1 unspecified atom stereocenters. The number of pyridine rings is 1. The predicted molar refractivity (Wildman–Crippen MR) is 90.1 cm³/mol. The van der Waals surface area contributed by atoms with Crippen LogP contribution >= 0.6 is 0 Å². The van der Waals surface area contributed by atoms with Crippen LogP contribution in [0.4, 0.5) is 0 Å². The highest BCUT2D eigenvalue weighted by Crippen LogP contribution is 2.29. The number of nitrogens with zero attached hydrogens (tertiary/aromatic N) is 2. The summed E-state index contributed by atoms with van der Waals surface area (Å²) in [7, 11) is 1.79. The van der Waals surface area contributed by atoms with Crippen LogP contribution in [0.15, 0.2) is 23.3 Å². The van der Waals surface area contributed by atoms with Gasteiger partial charge in [-0.2, -0.15) is 0 Å². The third kappa shape index (κ3) is 5.54. The number of hydrogen-bond donors (Lipinski definition) is 2. The Bertz CT molecular complexity index is 480. The first-order valence-corrected chi connectivity index (χ1v) is 8.13. The summed E-state index contributed by atoms with van der Waals surface area (Å²) in [4.78, 5) is 8.60. The van der Waals surface area contributed by atoms with Gasteiger partial charge in [-0.15, -0.1) is 0 Å². The second-order valence-corrected chi connectivity index (χ2v) is 6.36. The quantitative estimate of drug-likeness (QED) is 0.600. The van der Waals surface area contributed by atoms with Crippen molar-refractivity contribution in [2.24, 2.45) is 16.8 Å². The van der Waals surface area contributed by atoms with Gasteiger partial charge in [0.15, 0.2) is 5.96 Å². The lowest BCUT2D eigenvalue weighted by Crippen LogP contribution is -2.43. The lowest BCUT2D eigenvalue weighted by atomic mass is 10.1. The van der Waals surface area contributed by atoms with Crippen LogP contribution in [0.5, 0.6) is 5.88 Å². The molecule has 2 rings (SSSR count). The van der Waals surface area contributed by atoms with Gasteiger partial charge in [-0.25, -0.2) is 4.98 Å². The first-order chi connectivity index (χ1) is 10.6. The Kier molecular flexibility index (Phi) is 6.04. The van der Waals surface area contributed by atoms with Gasteiger partial charge < -0.3 is 15.4 Å². The lowest BCUT2D eigenvalue weighted by molar-refractivity contribution is 0.288. The summed E-state index contributed by atoms with van der Waals surface area (Å²) in [6, 6.07) is 4.36. The zero-order valence-corrected chi connectivity index (χ0v) is 14.1. The molecular formula is C17H28N4O. The Morgan fingerprint density at radius 3 is 2.68 bits per heavy atom. The summed E-state index contributed by atoms with van der Waals surface area (Å²) >= 11 is 0. The van der Waals surface area contributed by atoms with Gasteiger partial charge in [0.05, 0.1) is 6.61 Å². The van der Waals surface area contributed by atoms with Crippen molar-refractivity contribution in [3.8, 4) is 5.88 Å². The van der Waals surface area contributed by atoms with E-state index >= 15 is 0 Å². The van der Waals surface area contributed by atoms with E-state index in [1.807, 2.05) is 18.3 Å². The molecule has 0 saturated heterocycles. The van der Waals surface area contributed by atoms with Gasteiger partial charge in [-0.3, -0.25) is 4.99 Å². The summed E-state index contributed by atoms with van der Waals surface area (Å²) < 4.78 is 5.64. The van der Waals surface area contributed by atoms with Crippen molar-refractivity contribution in [2.45, 2.75) is 46.2 Å². The predicted octanol–water partition coefficient (Wildman–Crippen LogP) is 2.58. The third-order valence-electron chi connectivity index (χ3n) is 4.01. The number of rotatable bonds is 7. The van der Waals surface area contributed by atoms with Gasteiger partial charge in [0.25, 0.3) is 0 Å². The van der Waals surface area contributed by atoms with E-state index in [9.17, 15) is 0 Å². The van der Waals surface area contributed by atoms with Crippen LogP contribution in [0.25, 0.3) is 0 Å². The number of aromatic nitrogens is 1. The highest BCUT2D eigenvalue weighted by atomic mass is 16.5. The first-order valence-electron chi connectivity index (χ1n) is 8.13. The smallest absolute Gasteiger partial charge is 0.213 e. The normalized spacial score (nSPS) is 16.5. The Morgan fingerprint density at radius 1 is 1.36 bits per heavy atom. The van der Waals surface area contributed by atoms with Crippen molar-refractivity contribution in [3.63, 3.8) is 0 Å². The molecule has 22 heavy (non-hydrogen) atoms. The topological polar surface area (TPSA) is 58.5 Å². The molecule has 0 amide bonds. The molecule has 1 fully saturated rings. The molecule has 0 bridgehead atoms. The summed E-state index contributed by atoms with van der Waals surface area (Å²) in [6.07, 6.45) is 4.44. The molecule has 0 aromatic carbocycles. The first kappa shape index (κ1) is 16.6. The molecule has 1 saturated carbocycles. The maximum Gasteiger partial charge on any atom is 0.213 e. The van der Waals surface area contributed by atoms with E-state index in [0.717, 1.165) is 24.0 Å². The summed E-state index contributed by atoms with van der Waals surface area (Å²) in [5.41, 5.74) is 1.11. The molecular weight excluding hydrogens is 276 g/mol. The van der Waals surface area contributed by atoms with Crippen molar-refractivity contribution in [2.75, 3.05) is 13.7 Å². The summed E-state index contributed by atoms with van der Waals surface area (Å²) in [5.74, 6) is 2.84. The third-order valence-corrected chi connectivity index (χ3v) is 4.01. The zero-order chi connectivity index (χ0) is 15.9. The van der Waals surface area contributed by atoms with Crippen LogP contribution in [-0.2, 0) is 6.54 Å². The lowest BCUT2D eigenvalue weighted by Gasteiger charge is -2.20. The minimum Gasteiger partial charge on any atom is -0.477 e. The minimum atomic E-state index is 0.377. The highest BCUT2D eigenvalue weighted by Gasteiger charge is 2.22. The minimum absolute atomic E-state index is 0.377. The van der Waals surface area contributed by atoms with E-state index in [2.05, 4.69) is 41.4 Å². The van der Waals surface area contributed by atoms with E-state index in [4.69, 9.17) is 4.74 Å².